The Bertz CT molecular complexity index is 391. The Morgan fingerprint density at radius 1 is 1.33 bits per heavy atom. The molecule has 1 fully saturated rings. The largest absolute Gasteiger partial charge is 0.316 e. The van der Waals surface area contributed by atoms with Crippen LogP contribution in [0.4, 0.5) is 0 Å². The second-order valence-corrected chi connectivity index (χ2v) is 6.73. The van der Waals surface area contributed by atoms with Gasteiger partial charge in [-0.05, 0) is 44.0 Å². The second-order valence-electron chi connectivity index (χ2n) is 4.83. The van der Waals surface area contributed by atoms with Gasteiger partial charge in [-0.1, -0.05) is 36.0 Å². The van der Waals surface area contributed by atoms with Crippen LogP contribution in [0.1, 0.15) is 25.7 Å². The van der Waals surface area contributed by atoms with E-state index >= 15 is 0 Å². The number of benzene rings is 1. The van der Waals surface area contributed by atoms with Crippen LogP contribution >= 0.6 is 35.0 Å². The Kier molecular flexibility index (Phi) is 5.68. The van der Waals surface area contributed by atoms with Gasteiger partial charge < -0.3 is 5.32 Å². The molecule has 1 N–H and O–H groups in total. The summed E-state index contributed by atoms with van der Waals surface area (Å²) in [4.78, 5) is 1.09. The maximum Gasteiger partial charge on any atom is 0.0542 e. The molecule has 1 nitrogen and oxygen atoms in total. The summed E-state index contributed by atoms with van der Waals surface area (Å²) >= 11 is 14.0. The third-order valence-corrected chi connectivity index (χ3v) is 5.50. The van der Waals surface area contributed by atoms with Crippen LogP contribution in [0.5, 0.6) is 0 Å². The van der Waals surface area contributed by atoms with Crippen molar-refractivity contribution in [1.29, 1.82) is 0 Å². The summed E-state index contributed by atoms with van der Waals surface area (Å²) in [6.07, 6.45) is 5.47. The van der Waals surface area contributed by atoms with Crippen LogP contribution in [-0.4, -0.2) is 18.8 Å². The van der Waals surface area contributed by atoms with Crippen molar-refractivity contribution < 1.29 is 0 Å². The number of hydrogen-bond acceptors (Lipinski definition) is 2. The number of halogens is 2. The lowest BCUT2D eigenvalue weighted by molar-refractivity contribution is 0.410. The zero-order chi connectivity index (χ0) is 13.0. The first-order valence-electron chi connectivity index (χ1n) is 6.46. The maximum absolute atomic E-state index is 6.18. The van der Waals surface area contributed by atoms with E-state index in [1.807, 2.05) is 18.2 Å². The molecule has 0 heterocycles. The van der Waals surface area contributed by atoms with Crippen molar-refractivity contribution in [1.82, 2.24) is 5.32 Å². The highest BCUT2D eigenvalue weighted by Gasteiger charge is 2.23. The van der Waals surface area contributed by atoms with Crippen molar-refractivity contribution in [2.75, 3.05) is 12.8 Å². The molecule has 1 saturated carbocycles. The van der Waals surface area contributed by atoms with Gasteiger partial charge in [0.2, 0.25) is 0 Å². The molecule has 1 aromatic carbocycles. The Morgan fingerprint density at radius 2 is 2.06 bits per heavy atom. The van der Waals surface area contributed by atoms with Crippen molar-refractivity contribution in [3.63, 3.8) is 0 Å². The summed E-state index contributed by atoms with van der Waals surface area (Å²) in [5.74, 6) is 1.88. The number of nitrogens with one attached hydrogen (secondary N) is 1. The molecule has 0 aromatic heterocycles. The van der Waals surface area contributed by atoms with Crippen LogP contribution in [0.2, 0.25) is 10.0 Å². The zero-order valence-electron chi connectivity index (χ0n) is 10.6. The standard InChI is InChI=1S/C14H19Cl2NS/c1-17-13(10-4-2-3-5-10)9-18-14-8-11(15)6-7-12(14)16/h6-8,10,13,17H,2-5,9H2,1H3. The SMILES string of the molecule is CNC(CSc1cc(Cl)ccc1Cl)C1CCCC1. The van der Waals surface area contributed by atoms with E-state index in [1.165, 1.54) is 25.7 Å². The van der Waals surface area contributed by atoms with E-state index in [2.05, 4.69) is 12.4 Å². The van der Waals surface area contributed by atoms with E-state index in [-0.39, 0.29) is 0 Å². The Hall–Kier alpha value is 0.110. The minimum Gasteiger partial charge on any atom is -0.316 e. The monoisotopic (exact) mass is 303 g/mol. The van der Waals surface area contributed by atoms with Gasteiger partial charge in [-0.15, -0.1) is 11.8 Å². The predicted octanol–water partition coefficient (Wildman–Crippen LogP) is 4.86. The number of hydrogen-bond donors (Lipinski definition) is 1. The molecule has 0 aliphatic heterocycles. The van der Waals surface area contributed by atoms with Gasteiger partial charge in [0.15, 0.2) is 0 Å². The quantitative estimate of drug-likeness (QED) is 0.779. The van der Waals surface area contributed by atoms with Gasteiger partial charge in [0.1, 0.15) is 0 Å². The van der Waals surface area contributed by atoms with Crippen LogP contribution < -0.4 is 5.32 Å². The molecule has 100 valence electrons. The van der Waals surface area contributed by atoms with Gasteiger partial charge in [0.05, 0.1) is 5.02 Å². The lowest BCUT2D eigenvalue weighted by atomic mass is 10.0. The van der Waals surface area contributed by atoms with Gasteiger partial charge in [0, 0.05) is 21.7 Å². The van der Waals surface area contributed by atoms with Crippen molar-refractivity contribution in [2.45, 2.75) is 36.6 Å². The van der Waals surface area contributed by atoms with E-state index < -0.39 is 0 Å². The minimum absolute atomic E-state index is 0.576. The fourth-order valence-electron chi connectivity index (χ4n) is 2.58. The van der Waals surface area contributed by atoms with Crippen LogP contribution in [0.3, 0.4) is 0 Å². The maximum atomic E-state index is 6.18. The average molecular weight is 304 g/mol. The van der Waals surface area contributed by atoms with E-state index in [0.717, 1.165) is 26.6 Å². The first-order chi connectivity index (χ1) is 8.70. The molecule has 1 unspecified atom stereocenters. The molecule has 1 atom stereocenters. The van der Waals surface area contributed by atoms with Crippen LogP contribution in [0, 0.1) is 5.92 Å². The smallest absolute Gasteiger partial charge is 0.0542 e. The summed E-state index contributed by atoms with van der Waals surface area (Å²) in [7, 11) is 2.06. The number of rotatable bonds is 5. The first kappa shape index (κ1) is 14.5. The molecule has 0 amide bonds. The van der Waals surface area contributed by atoms with Crippen molar-refractivity contribution in [3.8, 4) is 0 Å². The highest BCUT2D eigenvalue weighted by molar-refractivity contribution is 7.99. The van der Waals surface area contributed by atoms with Crippen LogP contribution in [-0.2, 0) is 0 Å². The molecule has 2 rings (SSSR count). The fourth-order valence-corrected chi connectivity index (χ4v) is 4.31. The van der Waals surface area contributed by atoms with Crippen LogP contribution in [0.15, 0.2) is 23.1 Å². The van der Waals surface area contributed by atoms with Crippen LogP contribution in [0.25, 0.3) is 0 Å². The van der Waals surface area contributed by atoms with Crippen molar-refractivity contribution in [3.05, 3.63) is 28.2 Å². The van der Waals surface area contributed by atoms with E-state index in [9.17, 15) is 0 Å². The zero-order valence-corrected chi connectivity index (χ0v) is 12.9. The normalized spacial score (nSPS) is 18.2. The Morgan fingerprint density at radius 3 is 2.72 bits per heavy atom. The molecule has 1 aliphatic carbocycles. The minimum atomic E-state index is 0.576. The van der Waals surface area contributed by atoms with Gasteiger partial charge >= 0.3 is 0 Å². The summed E-state index contributed by atoms with van der Waals surface area (Å²) in [6.45, 7) is 0. The van der Waals surface area contributed by atoms with Crippen molar-refractivity contribution >= 4 is 35.0 Å². The van der Waals surface area contributed by atoms with Gasteiger partial charge in [-0.3, -0.25) is 0 Å². The average Bonchev–Trinajstić information content (AvgIpc) is 2.88. The molecular weight excluding hydrogens is 285 g/mol. The second kappa shape index (κ2) is 7.04. The Labute approximate surface area is 124 Å². The number of thioether (sulfide) groups is 1. The van der Waals surface area contributed by atoms with Crippen molar-refractivity contribution in [2.24, 2.45) is 5.92 Å². The summed E-state index contributed by atoms with van der Waals surface area (Å²) in [5, 5.41) is 5.00. The van der Waals surface area contributed by atoms with E-state index in [1.54, 1.807) is 11.8 Å². The summed E-state index contributed by atoms with van der Waals surface area (Å²) in [5.41, 5.74) is 0. The molecular formula is C14H19Cl2NS. The van der Waals surface area contributed by atoms with Gasteiger partial charge in [-0.25, -0.2) is 0 Å². The highest BCUT2D eigenvalue weighted by atomic mass is 35.5. The first-order valence-corrected chi connectivity index (χ1v) is 8.20. The molecule has 0 spiro atoms. The molecule has 1 aromatic rings. The molecule has 18 heavy (non-hydrogen) atoms. The van der Waals surface area contributed by atoms with E-state index in [0.29, 0.717) is 6.04 Å². The predicted molar refractivity (Wildman–Crippen MR) is 82.0 cm³/mol. The molecule has 1 aliphatic rings. The lowest BCUT2D eigenvalue weighted by Gasteiger charge is -2.22. The van der Waals surface area contributed by atoms with Gasteiger partial charge in [0.25, 0.3) is 0 Å². The molecule has 0 bridgehead atoms. The molecule has 0 radical (unpaired) electrons. The lowest BCUT2D eigenvalue weighted by Crippen LogP contribution is -2.34. The fraction of sp³-hybridized carbons (Fsp3) is 0.571. The third-order valence-electron chi connectivity index (χ3n) is 3.65. The molecule has 4 heteroatoms. The topological polar surface area (TPSA) is 12.0 Å². The summed E-state index contributed by atoms with van der Waals surface area (Å²) < 4.78 is 0. The summed E-state index contributed by atoms with van der Waals surface area (Å²) in [6, 6.07) is 6.24. The molecule has 0 saturated heterocycles. The highest BCUT2D eigenvalue weighted by Crippen LogP contribution is 2.34. The van der Waals surface area contributed by atoms with Gasteiger partial charge in [-0.2, -0.15) is 0 Å². The third kappa shape index (κ3) is 3.80. The van der Waals surface area contributed by atoms with E-state index in [4.69, 9.17) is 23.2 Å². The Balaban J connectivity index is 1.94.